The number of amides is 2. The number of benzene rings is 1. The van der Waals surface area contributed by atoms with Crippen LogP contribution in [0.25, 0.3) is 0 Å². The molecule has 6 nitrogen and oxygen atoms in total. The third kappa shape index (κ3) is 4.22. The number of rotatable bonds is 4. The predicted molar refractivity (Wildman–Crippen MR) is 59.3 cm³/mol. The zero-order chi connectivity index (χ0) is 12.7. The van der Waals surface area contributed by atoms with Crippen molar-refractivity contribution in [3.05, 3.63) is 35.4 Å². The molecule has 0 aliphatic rings. The first-order valence-corrected chi connectivity index (χ1v) is 4.84. The molecule has 0 aliphatic heterocycles. The van der Waals surface area contributed by atoms with Crippen molar-refractivity contribution in [1.82, 2.24) is 10.6 Å². The number of aromatic carboxylic acids is 1. The smallest absolute Gasteiger partial charge is 0.335 e. The molecular formula is C11H11N3O3. The minimum absolute atomic E-state index is 0.0518. The quantitative estimate of drug-likeness (QED) is 0.666. The van der Waals surface area contributed by atoms with Crippen molar-refractivity contribution in [2.75, 3.05) is 6.54 Å². The lowest BCUT2D eigenvalue weighted by Crippen LogP contribution is -2.35. The molecule has 0 saturated carbocycles. The van der Waals surface area contributed by atoms with Crippen LogP contribution in [0.1, 0.15) is 15.9 Å². The van der Waals surface area contributed by atoms with E-state index in [0.29, 0.717) is 0 Å². The van der Waals surface area contributed by atoms with Crippen LogP contribution in [0, 0.1) is 11.3 Å². The van der Waals surface area contributed by atoms with Crippen molar-refractivity contribution in [2.24, 2.45) is 0 Å². The number of urea groups is 1. The lowest BCUT2D eigenvalue weighted by molar-refractivity contribution is 0.0697. The molecule has 0 bridgehead atoms. The average molecular weight is 233 g/mol. The number of hydrogen-bond donors (Lipinski definition) is 3. The summed E-state index contributed by atoms with van der Waals surface area (Å²) in [4.78, 5) is 21.7. The number of hydrogen-bond acceptors (Lipinski definition) is 3. The van der Waals surface area contributed by atoms with Crippen molar-refractivity contribution < 1.29 is 14.7 Å². The average Bonchev–Trinajstić information content (AvgIpc) is 2.34. The van der Waals surface area contributed by atoms with Crippen LogP contribution < -0.4 is 10.6 Å². The van der Waals surface area contributed by atoms with Gasteiger partial charge < -0.3 is 15.7 Å². The standard InChI is InChI=1S/C11H11N3O3/c12-5-6-13-11(17)14-7-8-1-3-9(4-2-8)10(15)16/h1-4H,6-7H2,(H,15,16)(H2,13,14,17). The van der Waals surface area contributed by atoms with Crippen LogP contribution >= 0.6 is 0 Å². The summed E-state index contributed by atoms with van der Waals surface area (Å²) in [7, 11) is 0. The van der Waals surface area contributed by atoms with Crippen molar-refractivity contribution in [2.45, 2.75) is 6.54 Å². The third-order valence-electron chi connectivity index (χ3n) is 1.98. The molecule has 2 amide bonds. The normalized spacial score (nSPS) is 9.12. The molecular weight excluding hydrogens is 222 g/mol. The van der Waals surface area contributed by atoms with Gasteiger partial charge in [0.25, 0.3) is 0 Å². The maximum atomic E-state index is 11.1. The topological polar surface area (TPSA) is 102 Å². The fourth-order valence-electron chi connectivity index (χ4n) is 1.13. The summed E-state index contributed by atoms with van der Waals surface area (Å²) in [5.41, 5.74) is 0.977. The molecule has 1 rings (SSSR count). The molecule has 0 fully saturated rings. The van der Waals surface area contributed by atoms with Crippen LogP contribution in [0.3, 0.4) is 0 Å². The van der Waals surface area contributed by atoms with Crippen molar-refractivity contribution in [1.29, 1.82) is 5.26 Å². The summed E-state index contributed by atoms with van der Waals surface area (Å²) >= 11 is 0. The van der Waals surface area contributed by atoms with E-state index >= 15 is 0 Å². The highest BCUT2D eigenvalue weighted by molar-refractivity contribution is 5.87. The van der Waals surface area contributed by atoms with Crippen molar-refractivity contribution >= 4 is 12.0 Å². The molecule has 0 saturated heterocycles. The Morgan fingerprint density at radius 1 is 1.24 bits per heavy atom. The van der Waals surface area contributed by atoms with Gasteiger partial charge in [0.2, 0.25) is 0 Å². The van der Waals surface area contributed by atoms with Crippen LogP contribution in [0.4, 0.5) is 4.79 Å². The van der Waals surface area contributed by atoms with Gasteiger partial charge >= 0.3 is 12.0 Å². The van der Waals surface area contributed by atoms with Crippen LogP contribution in [-0.4, -0.2) is 23.7 Å². The Kier molecular flexibility index (Phi) is 4.51. The Balaban J connectivity index is 2.45. The molecule has 88 valence electrons. The van der Waals surface area contributed by atoms with Gasteiger partial charge in [-0.1, -0.05) is 12.1 Å². The Bertz CT molecular complexity index is 448. The van der Waals surface area contributed by atoms with E-state index in [2.05, 4.69) is 10.6 Å². The molecule has 0 unspecified atom stereocenters. The largest absolute Gasteiger partial charge is 0.478 e. The van der Waals surface area contributed by atoms with Gasteiger partial charge in [0, 0.05) is 6.54 Å². The van der Waals surface area contributed by atoms with Crippen LogP contribution in [0.15, 0.2) is 24.3 Å². The first kappa shape index (κ1) is 12.5. The zero-order valence-electron chi connectivity index (χ0n) is 8.93. The molecule has 17 heavy (non-hydrogen) atoms. The lowest BCUT2D eigenvalue weighted by Gasteiger charge is -2.05. The number of nitrogens with zero attached hydrogens (tertiary/aromatic N) is 1. The highest BCUT2D eigenvalue weighted by atomic mass is 16.4. The fraction of sp³-hybridized carbons (Fsp3) is 0.182. The van der Waals surface area contributed by atoms with E-state index in [1.807, 2.05) is 0 Å². The van der Waals surface area contributed by atoms with Crippen molar-refractivity contribution in [3.8, 4) is 6.07 Å². The van der Waals surface area contributed by atoms with Gasteiger partial charge in [-0.05, 0) is 17.7 Å². The summed E-state index contributed by atoms with van der Waals surface area (Å²) in [6, 6.07) is 7.51. The van der Waals surface area contributed by atoms with E-state index in [4.69, 9.17) is 10.4 Å². The van der Waals surface area contributed by atoms with Gasteiger partial charge in [0.15, 0.2) is 0 Å². The van der Waals surface area contributed by atoms with Crippen LogP contribution in [-0.2, 0) is 6.54 Å². The predicted octanol–water partition coefficient (Wildman–Crippen LogP) is 0.708. The fourth-order valence-corrected chi connectivity index (χ4v) is 1.13. The second-order valence-corrected chi connectivity index (χ2v) is 3.20. The first-order chi connectivity index (χ1) is 8.13. The van der Waals surface area contributed by atoms with E-state index in [9.17, 15) is 9.59 Å². The first-order valence-electron chi connectivity index (χ1n) is 4.84. The van der Waals surface area contributed by atoms with Crippen LogP contribution in [0.5, 0.6) is 0 Å². The highest BCUT2D eigenvalue weighted by Gasteiger charge is 2.02. The Labute approximate surface area is 97.9 Å². The molecule has 0 atom stereocenters. The van der Waals surface area contributed by atoms with Gasteiger partial charge in [-0.25, -0.2) is 9.59 Å². The van der Waals surface area contributed by atoms with Gasteiger partial charge in [-0.15, -0.1) is 0 Å². The Morgan fingerprint density at radius 2 is 1.88 bits per heavy atom. The molecule has 6 heteroatoms. The summed E-state index contributed by atoms with van der Waals surface area (Å²) in [6.45, 7) is 0.223. The third-order valence-corrected chi connectivity index (χ3v) is 1.98. The number of nitrogens with one attached hydrogen (secondary N) is 2. The Morgan fingerprint density at radius 3 is 2.41 bits per heavy atom. The maximum Gasteiger partial charge on any atom is 0.335 e. The second-order valence-electron chi connectivity index (χ2n) is 3.20. The minimum Gasteiger partial charge on any atom is -0.478 e. The lowest BCUT2D eigenvalue weighted by atomic mass is 10.1. The number of nitriles is 1. The summed E-state index contributed by atoms with van der Waals surface area (Å²) in [5, 5.41) is 21.8. The monoisotopic (exact) mass is 233 g/mol. The van der Waals surface area contributed by atoms with Gasteiger partial charge in [0.1, 0.15) is 6.54 Å². The number of carbonyl (C=O) groups is 2. The van der Waals surface area contributed by atoms with Gasteiger partial charge in [-0.3, -0.25) is 0 Å². The molecule has 0 heterocycles. The van der Waals surface area contributed by atoms with Gasteiger partial charge in [0.05, 0.1) is 11.6 Å². The molecule has 0 radical (unpaired) electrons. The van der Waals surface area contributed by atoms with E-state index in [1.165, 1.54) is 12.1 Å². The molecule has 3 N–H and O–H groups in total. The molecule has 0 aromatic heterocycles. The molecule has 0 aliphatic carbocycles. The maximum absolute atomic E-state index is 11.1. The SMILES string of the molecule is N#CCNC(=O)NCc1ccc(C(=O)O)cc1. The van der Waals surface area contributed by atoms with E-state index in [0.717, 1.165) is 5.56 Å². The van der Waals surface area contributed by atoms with E-state index in [1.54, 1.807) is 18.2 Å². The summed E-state index contributed by atoms with van der Waals surface area (Å²) in [5.74, 6) is -0.990. The number of carboxylic acid groups (broad SMARTS) is 1. The number of carboxylic acids is 1. The van der Waals surface area contributed by atoms with E-state index < -0.39 is 12.0 Å². The zero-order valence-corrected chi connectivity index (χ0v) is 8.93. The van der Waals surface area contributed by atoms with Gasteiger partial charge in [-0.2, -0.15) is 5.26 Å². The summed E-state index contributed by atoms with van der Waals surface area (Å²) < 4.78 is 0. The highest BCUT2D eigenvalue weighted by Crippen LogP contribution is 2.03. The summed E-state index contributed by atoms with van der Waals surface area (Å²) in [6.07, 6.45) is 0. The Hall–Kier alpha value is -2.55. The molecule has 0 spiro atoms. The number of carbonyl (C=O) groups excluding carboxylic acids is 1. The van der Waals surface area contributed by atoms with E-state index in [-0.39, 0.29) is 18.7 Å². The van der Waals surface area contributed by atoms with Crippen molar-refractivity contribution in [3.63, 3.8) is 0 Å². The molecule has 1 aromatic carbocycles. The van der Waals surface area contributed by atoms with Crippen LogP contribution in [0.2, 0.25) is 0 Å². The molecule has 1 aromatic rings. The minimum atomic E-state index is -0.990. The second kappa shape index (κ2) is 6.12.